The molecule has 0 spiro atoms. The number of allylic oxidation sites excluding steroid dienone is 8. The van der Waals surface area contributed by atoms with Crippen LogP contribution in [0.15, 0.2) is 48.6 Å². The van der Waals surface area contributed by atoms with Crippen molar-refractivity contribution in [2.24, 2.45) is 0 Å². The monoisotopic (exact) mass is 188 g/mol. The second-order valence-corrected chi connectivity index (χ2v) is 6.10. The van der Waals surface area contributed by atoms with Crippen molar-refractivity contribution in [3.8, 4) is 0 Å². The first-order valence-electron chi connectivity index (χ1n) is 5.12. The molecule has 0 aromatic heterocycles. The lowest BCUT2D eigenvalue weighted by atomic mass is 10.2. The molecule has 0 unspecified atom stereocenters. The summed E-state index contributed by atoms with van der Waals surface area (Å²) in [5, 5.41) is 0. The van der Waals surface area contributed by atoms with Crippen LogP contribution in [0.5, 0.6) is 0 Å². The molecule has 0 saturated heterocycles. The summed E-state index contributed by atoms with van der Waals surface area (Å²) in [6.45, 7) is 0. The number of hydrogen-bond donors (Lipinski definition) is 0. The Morgan fingerprint density at radius 2 is 1.08 bits per heavy atom. The lowest BCUT2D eigenvalue weighted by molar-refractivity contribution is 1.15. The summed E-state index contributed by atoms with van der Waals surface area (Å²) >= 11 is 0. The van der Waals surface area contributed by atoms with Crippen molar-refractivity contribution >= 4 is 9.52 Å². The Kier molecular flexibility index (Phi) is 2.98. The van der Waals surface area contributed by atoms with Crippen molar-refractivity contribution < 1.29 is 0 Å². The van der Waals surface area contributed by atoms with Crippen LogP contribution in [-0.2, 0) is 0 Å². The third-order valence-electron chi connectivity index (χ3n) is 2.62. The molecule has 0 nitrogen and oxygen atoms in total. The Bertz CT molecular complexity index is 219. The minimum absolute atomic E-state index is 0.0275. The van der Waals surface area contributed by atoms with Gasteiger partial charge >= 0.3 is 0 Å². The molecule has 68 valence electrons. The van der Waals surface area contributed by atoms with Crippen LogP contribution in [0.3, 0.4) is 0 Å². The molecule has 0 aromatic carbocycles. The molecule has 0 saturated carbocycles. The van der Waals surface area contributed by atoms with E-state index in [0.29, 0.717) is 0 Å². The van der Waals surface area contributed by atoms with Gasteiger partial charge in [0, 0.05) is 9.52 Å². The molecule has 0 aromatic rings. The van der Waals surface area contributed by atoms with E-state index >= 15 is 0 Å². The average molecular weight is 188 g/mol. The maximum Gasteiger partial charge on any atom is 0.0451 e. The lowest BCUT2D eigenvalue weighted by Gasteiger charge is -2.15. The van der Waals surface area contributed by atoms with E-state index in [9.17, 15) is 0 Å². The molecule has 0 bridgehead atoms. The third-order valence-corrected chi connectivity index (χ3v) is 4.80. The van der Waals surface area contributed by atoms with Crippen molar-refractivity contribution in [3.63, 3.8) is 0 Å². The lowest BCUT2D eigenvalue weighted by Crippen LogP contribution is -2.06. The molecule has 0 amide bonds. The Hall–Kier alpha value is -0.823. The Morgan fingerprint density at radius 1 is 0.692 bits per heavy atom. The maximum absolute atomic E-state index is 2.39. The first kappa shape index (κ1) is 8.76. The van der Waals surface area contributed by atoms with E-state index in [4.69, 9.17) is 0 Å². The van der Waals surface area contributed by atoms with E-state index in [-0.39, 0.29) is 9.52 Å². The summed E-state index contributed by atoms with van der Waals surface area (Å²) in [5.74, 6) is 0. The van der Waals surface area contributed by atoms with E-state index in [0.717, 1.165) is 23.9 Å². The van der Waals surface area contributed by atoms with Gasteiger partial charge in [-0.3, -0.25) is 0 Å². The van der Waals surface area contributed by atoms with Crippen LogP contribution in [0, 0.1) is 0 Å². The van der Waals surface area contributed by atoms with Gasteiger partial charge in [0.2, 0.25) is 0 Å². The third kappa shape index (κ3) is 2.56. The molecule has 1 heteroatoms. The quantitative estimate of drug-likeness (QED) is 0.462. The van der Waals surface area contributed by atoms with Crippen LogP contribution >= 0.6 is 0 Å². The molecule has 0 fully saturated rings. The van der Waals surface area contributed by atoms with Crippen molar-refractivity contribution in [1.29, 1.82) is 0 Å². The highest BCUT2D eigenvalue weighted by atomic mass is 28.2. The topological polar surface area (TPSA) is 0 Å². The van der Waals surface area contributed by atoms with Crippen molar-refractivity contribution in [2.45, 2.75) is 23.9 Å². The molecule has 2 rings (SSSR count). The molecule has 0 N–H and O–H groups in total. The minimum atomic E-state index is -0.0275. The highest BCUT2D eigenvalue weighted by Gasteiger charge is 2.10. The summed E-state index contributed by atoms with van der Waals surface area (Å²) in [7, 11) is -0.0275. The molecular formula is C12H16Si. The van der Waals surface area contributed by atoms with E-state index in [1.54, 1.807) is 0 Å². The van der Waals surface area contributed by atoms with E-state index in [1.807, 2.05) is 0 Å². The fourth-order valence-electron chi connectivity index (χ4n) is 1.93. The Morgan fingerprint density at radius 3 is 1.46 bits per heavy atom. The average Bonchev–Trinajstić information content (AvgIpc) is 2.21. The fourth-order valence-corrected chi connectivity index (χ4v) is 3.95. The molecular weight excluding hydrogens is 172 g/mol. The van der Waals surface area contributed by atoms with E-state index in [1.165, 1.54) is 0 Å². The highest BCUT2D eigenvalue weighted by molar-refractivity contribution is 6.42. The van der Waals surface area contributed by atoms with Crippen LogP contribution in [-0.4, -0.2) is 9.52 Å². The second-order valence-electron chi connectivity index (χ2n) is 3.75. The smallest absolute Gasteiger partial charge is 0.0451 e. The summed E-state index contributed by atoms with van der Waals surface area (Å²) in [6, 6.07) is 0. The van der Waals surface area contributed by atoms with Gasteiger partial charge in [-0.25, -0.2) is 0 Å². The van der Waals surface area contributed by atoms with Crippen molar-refractivity contribution in [3.05, 3.63) is 48.6 Å². The predicted molar refractivity (Wildman–Crippen MR) is 61.8 cm³/mol. The molecule has 13 heavy (non-hydrogen) atoms. The predicted octanol–water partition coefficient (Wildman–Crippen LogP) is 2.76. The summed E-state index contributed by atoms with van der Waals surface area (Å²) < 4.78 is 0. The van der Waals surface area contributed by atoms with Crippen LogP contribution in [0.4, 0.5) is 0 Å². The zero-order valence-electron chi connectivity index (χ0n) is 7.89. The van der Waals surface area contributed by atoms with Gasteiger partial charge in [0.15, 0.2) is 0 Å². The van der Waals surface area contributed by atoms with Gasteiger partial charge in [0.25, 0.3) is 0 Å². The van der Waals surface area contributed by atoms with E-state index in [2.05, 4.69) is 48.6 Å². The maximum atomic E-state index is 2.39. The van der Waals surface area contributed by atoms with Gasteiger partial charge in [-0.1, -0.05) is 48.6 Å². The van der Waals surface area contributed by atoms with E-state index < -0.39 is 0 Å². The van der Waals surface area contributed by atoms with Crippen LogP contribution in [0.25, 0.3) is 0 Å². The highest BCUT2D eigenvalue weighted by Crippen LogP contribution is 2.23. The zero-order valence-corrected chi connectivity index (χ0v) is 9.31. The van der Waals surface area contributed by atoms with Gasteiger partial charge in [-0.15, -0.1) is 0 Å². The van der Waals surface area contributed by atoms with Gasteiger partial charge in [0.05, 0.1) is 0 Å². The number of hydrogen-bond acceptors (Lipinski definition) is 0. The van der Waals surface area contributed by atoms with Gasteiger partial charge < -0.3 is 0 Å². The molecule has 0 atom stereocenters. The summed E-state index contributed by atoms with van der Waals surface area (Å²) in [4.78, 5) is 0. The van der Waals surface area contributed by atoms with Crippen LogP contribution < -0.4 is 0 Å². The van der Waals surface area contributed by atoms with Gasteiger partial charge in [-0.2, -0.15) is 0 Å². The Labute approximate surface area is 82.6 Å². The molecule has 0 radical (unpaired) electrons. The Balaban J connectivity index is 1.89. The largest absolute Gasteiger partial charge is 0.0847 e. The zero-order chi connectivity index (χ0) is 8.93. The molecule has 2 aliphatic carbocycles. The minimum Gasteiger partial charge on any atom is -0.0847 e. The standard InChI is InChI=1S/C12H16Si/c1-3-7-11(8-4-1)13-12-9-5-2-6-10-12/h3-12H,1-2,13H2. The normalized spacial score (nSPS) is 22.8. The van der Waals surface area contributed by atoms with Crippen LogP contribution in [0.1, 0.15) is 12.8 Å². The molecule has 2 aliphatic rings. The first-order chi connectivity index (χ1) is 6.45. The fraction of sp³-hybridized carbons (Fsp3) is 0.333. The van der Waals surface area contributed by atoms with Crippen LogP contribution in [0.2, 0.25) is 11.1 Å². The second kappa shape index (κ2) is 4.42. The SMILES string of the molecule is C1=CC([SiH2]C2C=CCC=C2)C=CC1. The molecule has 0 aliphatic heterocycles. The van der Waals surface area contributed by atoms with Crippen molar-refractivity contribution in [2.75, 3.05) is 0 Å². The number of rotatable bonds is 2. The summed E-state index contributed by atoms with van der Waals surface area (Å²) in [6.07, 6.45) is 21.0. The summed E-state index contributed by atoms with van der Waals surface area (Å²) in [5.41, 5.74) is 1.59. The van der Waals surface area contributed by atoms with Gasteiger partial charge in [0.1, 0.15) is 0 Å². The molecule has 0 heterocycles. The van der Waals surface area contributed by atoms with Gasteiger partial charge in [-0.05, 0) is 23.9 Å². The van der Waals surface area contributed by atoms with Crippen molar-refractivity contribution in [1.82, 2.24) is 0 Å². The first-order valence-corrected chi connectivity index (χ1v) is 6.75.